The number of rotatable bonds is 8. The van der Waals surface area contributed by atoms with Crippen molar-refractivity contribution in [1.29, 1.82) is 0 Å². The van der Waals surface area contributed by atoms with Crippen molar-refractivity contribution in [1.82, 2.24) is 10.2 Å². The van der Waals surface area contributed by atoms with Gasteiger partial charge in [-0.15, -0.1) is 0 Å². The average molecular weight is 292 g/mol. The SMILES string of the molecule is CCOc1ccccc1OCCNCC1CCCN(C)C1. The van der Waals surface area contributed by atoms with Crippen LogP contribution in [0.1, 0.15) is 19.8 Å². The Morgan fingerprint density at radius 3 is 2.71 bits per heavy atom. The second-order valence-corrected chi connectivity index (χ2v) is 5.70. The standard InChI is InChI=1S/C17H28N2O2/c1-3-20-16-8-4-5-9-17(16)21-12-10-18-13-15-7-6-11-19(2)14-15/h4-5,8-9,15,18H,3,6-7,10-14H2,1-2H3. The predicted molar refractivity (Wildman–Crippen MR) is 86.2 cm³/mol. The molecule has 118 valence electrons. The normalized spacial score (nSPS) is 19.4. The molecule has 4 nitrogen and oxygen atoms in total. The fourth-order valence-corrected chi connectivity index (χ4v) is 2.82. The summed E-state index contributed by atoms with van der Waals surface area (Å²) >= 11 is 0. The van der Waals surface area contributed by atoms with Crippen LogP contribution in [-0.2, 0) is 0 Å². The lowest BCUT2D eigenvalue weighted by Crippen LogP contribution is -2.38. The van der Waals surface area contributed by atoms with Crippen LogP contribution in [-0.4, -0.2) is 51.3 Å². The van der Waals surface area contributed by atoms with Gasteiger partial charge in [0.25, 0.3) is 0 Å². The van der Waals surface area contributed by atoms with E-state index in [0.717, 1.165) is 30.5 Å². The van der Waals surface area contributed by atoms with Crippen LogP contribution in [0.2, 0.25) is 0 Å². The number of nitrogens with one attached hydrogen (secondary N) is 1. The average Bonchev–Trinajstić information content (AvgIpc) is 2.49. The second kappa shape index (κ2) is 8.90. The van der Waals surface area contributed by atoms with Crippen molar-refractivity contribution < 1.29 is 9.47 Å². The van der Waals surface area contributed by atoms with Gasteiger partial charge in [-0.3, -0.25) is 0 Å². The molecule has 1 aromatic carbocycles. The quantitative estimate of drug-likeness (QED) is 0.746. The van der Waals surface area contributed by atoms with Gasteiger partial charge in [-0.25, -0.2) is 0 Å². The van der Waals surface area contributed by atoms with Gasteiger partial charge < -0.3 is 19.7 Å². The van der Waals surface area contributed by atoms with Crippen LogP contribution >= 0.6 is 0 Å². The lowest BCUT2D eigenvalue weighted by Gasteiger charge is -2.29. The van der Waals surface area contributed by atoms with Gasteiger partial charge in [-0.05, 0) is 58.0 Å². The highest BCUT2D eigenvalue weighted by Gasteiger charge is 2.16. The highest BCUT2D eigenvalue weighted by molar-refractivity contribution is 5.39. The Morgan fingerprint density at radius 1 is 1.24 bits per heavy atom. The van der Waals surface area contributed by atoms with E-state index >= 15 is 0 Å². The van der Waals surface area contributed by atoms with Crippen LogP contribution in [0.5, 0.6) is 11.5 Å². The predicted octanol–water partition coefficient (Wildman–Crippen LogP) is 2.40. The van der Waals surface area contributed by atoms with Crippen LogP contribution in [0.15, 0.2) is 24.3 Å². The maximum Gasteiger partial charge on any atom is 0.161 e. The summed E-state index contributed by atoms with van der Waals surface area (Å²) in [6.07, 6.45) is 2.66. The number of para-hydroxylation sites is 2. The third-order valence-corrected chi connectivity index (χ3v) is 3.84. The molecule has 0 radical (unpaired) electrons. The van der Waals surface area contributed by atoms with E-state index in [2.05, 4.69) is 17.3 Å². The van der Waals surface area contributed by atoms with Gasteiger partial charge >= 0.3 is 0 Å². The molecule has 1 fully saturated rings. The van der Waals surface area contributed by atoms with Crippen molar-refractivity contribution in [3.8, 4) is 11.5 Å². The van der Waals surface area contributed by atoms with Crippen molar-refractivity contribution in [3.63, 3.8) is 0 Å². The Morgan fingerprint density at radius 2 is 2.00 bits per heavy atom. The van der Waals surface area contributed by atoms with E-state index in [0.29, 0.717) is 13.2 Å². The molecule has 2 rings (SSSR count). The topological polar surface area (TPSA) is 33.7 Å². The molecule has 1 aliphatic rings. The van der Waals surface area contributed by atoms with E-state index in [1.807, 2.05) is 31.2 Å². The van der Waals surface area contributed by atoms with Crippen LogP contribution < -0.4 is 14.8 Å². The molecular formula is C17H28N2O2. The van der Waals surface area contributed by atoms with Crippen LogP contribution in [0, 0.1) is 5.92 Å². The molecule has 0 aliphatic carbocycles. The molecule has 0 aromatic heterocycles. The molecule has 0 spiro atoms. The number of hydrogen-bond donors (Lipinski definition) is 1. The highest BCUT2D eigenvalue weighted by Crippen LogP contribution is 2.26. The molecule has 0 amide bonds. The molecular weight excluding hydrogens is 264 g/mol. The minimum absolute atomic E-state index is 0.661. The fourth-order valence-electron chi connectivity index (χ4n) is 2.82. The summed E-state index contributed by atoms with van der Waals surface area (Å²) in [5, 5.41) is 3.50. The maximum absolute atomic E-state index is 5.80. The third-order valence-electron chi connectivity index (χ3n) is 3.84. The first-order valence-electron chi connectivity index (χ1n) is 8.03. The van der Waals surface area contributed by atoms with Crippen molar-refractivity contribution in [2.24, 2.45) is 5.92 Å². The lowest BCUT2D eigenvalue weighted by molar-refractivity contribution is 0.203. The highest BCUT2D eigenvalue weighted by atomic mass is 16.5. The number of nitrogens with zero attached hydrogens (tertiary/aromatic N) is 1. The number of benzene rings is 1. The zero-order valence-corrected chi connectivity index (χ0v) is 13.3. The van der Waals surface area contributed by atoms with Gasteiger partial charge in [0.05, 0.1) is 6.61 Å². The molecule has 0 saturated carbocycles. The molecule has 0 bridgehead atoms. The smallest absolute Gasteiger partial charge is 0.161 e. The van der Waals surface area contributed by atoms with Crippen LogP contribution in [0.4, 0.5) is 0 Å². The summed E-state index contributed by atoms with van der Waals surface area (Å²) in [6.45, 7) is 7.73. The molecule has 1 atom stereocenters. The van der Waals surface area contributed by atoms with Crippen molar-refractivity contribution in [2.45, 2.75) is 19.8 Å². The first kappa shape index (κ1) is 16.1. The summed E-state index contributed by atoms with van der Waals surface area (Å²) in [5.74, 6) is 2.44. The Hall–Kier alpha value is -1.26. The second-order valence-electron chi connectivity index (χ2n) is 5.70. The lowest BCUT2D eigenvalue weighted by atomic mass is 9.98. The first-order valence-corrected chi connectivity index (χ1v) is 8.03. The van der Waals surface area contributed by atoms with Crippen LogP contribution in [0.3, 0.4) is 0 Å². The summed E-state index contributed by atoms with van der Waals surface area (Å²) in [4.78, 5) is 2.42. The molecule has 1 unspecified atom stereocenters. The number of ether oxygens (including phenoxy) is 2. The molecule has 1 saturated heterocycles. The number of hydrogen-bond acceptors (Lipinski definition) is 4. The largest absolute Gasteiger partial charge is 0.490 e. The van der Waals surface area contributed by atoms with Gasteiger partial charge in [0.2, 0.25) is 0 Å². The van der Waals surface area contributed by atoms with Gasteiger partial charge in [0, 0.05) is 13.1 Å². The fraction of sp³-hybridized carbons (Fsp3) is 0.647. The van der Waals surface area contributed by atoms with E-state index in [1.54, 1.807) is 0 Å². The van der Waals surface area contributed by atoms with Crippen molar-refractivity contribution in [3.05, 3.63) is 24.3 Å². The van der Waals surface area contributed by atoms with Gasteiger partial charge in [0.1, 0.15) is 6.61 Å². The summed E-state index contributed by atoms with van der Waals surface area (Å²) < 4.78 is 11.4. The summed E-state index contributed by atoms with van der Waals surface area (Å²) in [6, 6.07) is 7.85. The zero-order valence-electron chi connectivity index (χ0n) is 13.3. The van der Waals surface area contributed by atoms with Gasteiger partial charge in [-0.1, -0.05) is 12.1 Å². The number of piperidine rings is 1. The third kappa shape index (κ3) is 5.56. The van der Waals surface area contributed by atoms with E-state index in [9.17, 15) is 0 Å². The Kier molecular flexibility index (Phi) is 6.83. The Bertz CT molecular complexity index is 412. The molecule has 1 aliphatic heterocycles. The molecule has 1 N–H and O–H groups in total. The van der Waals surface area contributed by atoms with Crippen molar-refractivity contribution >= 4 is 0 Å². The molecule has 1 heterocycles. The van der Waals surface area contributed by atoms with Crippen LogP contribution in [0.25, 0.3) is 0 Å². The zero-order chi connectivity index (χ0) is 14.9. The minimum Gasteiger partial charge on any atom is -0.490 e. The van der Waals surface area contributed by atoms with Gasteiger partial charge in [-0.2, -0.15) is 0 Å². The van der Waals surface area contributed by atoms with E-state index in [1.165, 1.54) is 25.9 Å². The summed E-state index contributed by atoms with van der Waals surface area (Å²) in [5.41, 5.74) is 0. The molecule has 4 heteroatoms. The Balaban J connectivity index is 1.63. The van der Waals surface area contributed by atoms with Crippen molar-refractivity contribution in [2.75, 3.05) is 46.4 Å². The monoisotopic (exact) mass is 292 g/mol. The number of likely N-dealkylation sites (tertiary alicyclic amines) is 1. The maximum atomic E-state index is 5.80. The Labute approximate surface area is 128 Å². The van der Waals surface area contributed by atoms with E-state index < -0.39 is 0 Å². The van der Waals surface area contributed by atoms with E-state index in [4.69, 9.17) is 9.47 Å². The minimum atomic E-state index is 0.661. The molecule has 21 heavy (non-hydrogen) atoms. The van der Waals surface area contributed by atoms with Gasteiger partial charge in [0.15, 0.2) is 11.5 Å². The summed E-state index contributed by atoms with van der Waals surface area (Å²) in [7, 11) is 2.21. The molecule has 1 aromatic rings. The first-order chi connectivity index (χ1) is 10.3. The van der Waals surface area contributed by atoms with E-state index in [-0.39, 0.29) is 0 Å².